The quantitative estimate of drug-likeness (QED) is 0.809. The summed E-state index contributed by atoms with van der Waals surface area (Å²) < 4.78 is 4.78. The van der Waals surface area contributed by atoms with Crippen LogP contribution in [0, 0.1) is 0 Å². The fourth-order valence-corrected chi connectivity index (χ4v) is 2.53. The number of halogens is 2. The maximum absolute atomic E-state index is 11.8. The Morgan fingerprint density at radius 3 is 2.57 bits per heavy atom. The minimum atomic E-state index is -0.387. The molecular formula is C16H15Cl2NO2. The van der Waals surface area contributed by atoms with E-state index in [0.29, 0.717) is 21.3 Å². The minimum Gasteiger partial charge on any atom is -0.465 e. The third-order valence-corrected chi connectivity index (χ3v) is 3.99. The zero-order valence-electron chi connectivity index (χ0n) is 11.7. The molecule has 0 aromatic heterocycles. The molecule has 21 heavy (non-hydrogen) atoms. The first kappa shape index (κ1) is 15.7. The lowest BCUT2D eigenvalue weighted by molar-refractivity contribution is 0.0602. The second kappa shape index (κ2) is 6.83. The van der Waals surface area contributed by atoms with Gasteiger partial charge in [-0.1, -0.05) is 47.5 Å². The highest BCUT2D eigenvalue weighted by atomic mass is 35.5. The SMILES string of the molecule is COC(=O)c1ccccc1NC(C)c1cccc(Cl)c1Cl. The molecule has 2 aromatic rings. The summed E-state index contributed by atoms with van der Waals surface area (Å²) in [6.07, 6.45) is 0. The van der Waals surface area contributed by atoms with Crippen molar-refractivity contribution < 1.29 is 9.53 Å². The maximum Gasteiger partial charge on any atom is 0.339 e. The minimum absolute atomic E-state index is 0.109. The summed E-state index contributed by atoms with van der Waals surface area (Å²) in [4.78, 5) is 11.8. The summed E-state index contributed by atoms with van der Waals surface area (Å²) in [6.45, 7) is 1.95. The van der Waals surface area contributed by atoms with Gasteiger partial charge < -0.3 is 10.1 Å². The van der Waals surface area contributed by atoms with Crippen LogP contribution in [0.15, 0.2) is 42.5 Å². The van der Waals surface area contributed by atoms with Gasteiger partial charge in [0.05, 0.1) is 28.8 Å². The molecule has 2 aromatic carbocycles. The molecule has 0 spiro atoms. The number of methoxy groups -OCH3 is 1. The smallest absolute Gasteiger partial charge is 0.339 e. The molecule has 0 aliphatic rings. The van der Waals surface area contributed by atoms with E-state index in [-0.39, 0.29) is 12.0 Å². The van der Waals surface area contributed by atoms with Crippen molar-refractivity contribution in [2.75, 3.05) is 12.4 Å². The number of esters is 1. The van der Waals surface area contributed by atoms with Crippen LogP contribution in [0.1, 0.15) is 28.9 Å². The summed E-state index contributed by atoms with van der Waals surface area (Å²) >= 11 is 12.3. The van der Waals surface area contributed by atoms with Gasteiger partial charge in [0.1, 0.15) is 0 Å². The summed E-state index contributed by atoms with van der Waals surface area (Å²) in [6, 6.07) is 12.5. The topological polar surface area (TPSA) is 38.3 Å². The second-order valence-electron chi connectivity index (χ2n) is 4.55. The van der Waals surface area contributed by atoms with Crippen LogP contribution in [-0.2, 0) is 4.74 Å². The lowest BCUT2D eigenvalue weighted by Gasteiger charge is -2.19. The highest BCUT2D eigenvalue weighted by molar-refractivity contribution is 6.42. The molecule has 0 aliphatic heterocycles. The van der Waals surface area contributed by atoms with Gasteiger partial charge in [-0.05, 0) is 30.7 Å². The van der Waals surface area contributed by atoms with Gasteiger partial charge in [0.25, 0.3) is 0 Å². The summed E-state index contributed by atoms with van der Waals surface area (Å²) in [5.41, 5.74) is 2.03. The monoisotopic (exact) mass is 323 g/mol. The van der Waals surface area contributed by atoms with Crippen LogP contribution in [0.25, 0.3) is 0 Å². The molecule has 0 bridgehead atoms. The Hall–Kier alpha value is -1.71. The van der Waals surface area contributed by atoms with Crippen molar-refractivity contribution >= 4 is 34.9 Å². The molecule has 2 rings (SSSR count). The van der Waals surface area contributed by atoms with E-state index in [4.69, 9.17) is 27.9 Å². The molecular weight excluding hydrogens is 309 g/mol. The van der Waals surface area contributed by atoms with Gasteiger partial charge in [0, 0.05) is 5.69 Å². The second-order valence-corrected chi connectivity index (χ2v) is 5.33. The first-order chi connectivity index (χ1) is 10.0. The number of ether oxygens (including phenoxy) is 1. The Kier molecular flexibility index (Phi) is 5.10. The molecule has 0 radical (unpaired) electrons. The number of hydrogen-bond donors (Lipinski definition) is 1. The van der Waals surface area contributed by atoms with E-state index in [1.807, 2.05) is 31.2 Å². The van der Waals surface area contributed by atoms with Crippen LogP contribution in [0.2, 0.25) is 10.0 Å². The van der Waals surface area contributed by atoms with Crippen LogP contribution in [-0.4, -0.2) is 13.1 Å². The average Bonchev–Trinajstić information content (AvgIpc) is 2.49. The van der Waals surface area contributed by atoms with Crippen molar-refractivity contribution in [3.63, 3.8) is 0 Å². The summed E-state index contributed by atoms with van der Waals surface area (Å²) in [5, 5.41) is 4.28. The van der Waals surface area contributed by atoms with E-state index >= 15 is 0 Å². The van der Waals surface area contributed by atoms with E-state index in [0.717, 1.165) is 5.56 Å². The zero-order chi connectivity index (χ0) is 15.4. The third-order valence-electron chi connectivity index (χ3n) is 3.15. The molecule has 0 heterocycles. The van der Waals surface area contributed by atoms with Gasteiger partial charge in [-0.25, -0.2) is 4.79 Å². The molecule has 0 amide bonds. The van der Waals surface area contributed by atoms with Gasteiger partial charge in [-0.3, -0.25) is 0 Å². The van der Waals surface area contributed by atoms with Gasteiger partial charge in [0.2, 0.25) is 0 Å². The molecule has 110 valence electrons. The molecule has 5 heteroatoms. The Morgan fingerprint density at radius 1 is 1.14 bits per heavy atom. The number of rotatable bonds is 4. The Labute approximate surface area is 133 Å². The number of carbonyl (C=O) groups excluding carboxylic acids is 1. The van der Waals surface area contributed by atoms with E-state index in [1.54, 1.807) is 18.2 Å². The van der Waals surface area contributed by atoms with Crippen LogP contribution >= 0.6 is 23.2 Å². The number of anilines is 1. The predicted octanol–water partition coefficient (Wildman–Crippen LogP) is 4.95. The largest absolute Gasteiger partial charge is 0.465 e. The van der Waals surface area contributed by atoms with Gasteiger partial charge in [-0.2, -0.15) is 0 Å². The molecule has 0 saturated heterocycles. The van der Waals surface area contributed by atoms with Crippen LogP contribution < -0.4 is 5.32 Å². The van der Waals surface area contributed by atoms with Crippen molar-refractivity contribution in [2.24, 2.45) is 0 Å². The molecule has 0 aliphatic carbocycles. The standard InChI is InChI=1S/C16H15Cl2NO2/c1-10(11-7-5-8-13(17)15(11)18)19-14-9-4-3-6-12(14)16(20)21-2/h3-10,19H,1-2H3. The van der Waals surface area contributed by atoms with E-state index in [2.05, 4.69) is 5.32 Å². The summed E-state index contributed by atoms with van der Waals surface area (Å²) in [5.74, 6) is -0.387. The van der Waals surface area contributed by atoms with E-state index < -0.39 is 0 Å². The molecule has 0 fully saturated rings. The fourth-order valence-electron chi connectivity index (χ4n) is 2.06. The third kappa shape index (κ3) is 3.49. The lowest BCUT2D eigenvalue weighted by atomic mass is 10.1. The number of para-hydroxylation sites is 1. The molecule has 1 atom stereocenters. The van der Waals surface area contributed by atoms with E-state index in [9.17, 15) is 4.79 Å². The van der Waals surface area contributed by atoms with Crippen LogP contribution in [0.3, 0.4) is 0 Å². The number of benzene rings is 2. The first-order valence-electron chi connectivity index (χ1n) is 6.42. The highest BCUT2D eigenvalue weighted by Gasteiger charge is 2.16. The van der Waals surface area contributed by atoms with Crippen LogP contribution in [0.4, 0.5) is 5.69 Å². The highest BCUT2D eigenvalue weighted by Crippen LogP contribution is 2.32. The lowest BCUT2D eigenvalue weighted by Crippen LogP contribution is -2.12. The fraction of sp³-hybridized carbons (Fsp3) is 0.188. The molecule has 0 saturated carbocycles. The molecule has 1 unspecified atom stereocenters. The number of carbonyl (C=O) groups is 1. The average molecular weight is 324 g/mol. The Bertz CT molecular complexity index is 658. The van der Waals surface area contributed by atoms with Crippen molar-refractivity contribution in [1.82, 2.24) is 0 Å². The predicted molar refractivity (Wildman–Crippen MR) is 86.3 cm³/mol. The number of nitrogens with one attached hydrogen (secondary N) is 1. The van der Waals surface area contributed by atoms with Crippen molar-refractivity contribution in [3.05, 3.63) is 63.6 Å². The van der Waals surface area contributed by atoms with Crippen molar-refractivity contribution in [3.8, 4) is 0 Å². The van der Waals surface area contributed by atoms with Crippen molar-refractivity contribution in [2.45, 2.75) is 13.0 Å². The molecule has 3 nitrogen and oxygen atoms in total. The Morgan fingerprint density at radius 2 is 1.86 bits per heavy atom. The first-order valence-corrected chi connectivity index (χ1v) is 7.18. The molecule has 1 N–H and O–H groups in total. The normalized spacial score (nSPS) is 11.8. The van der Waals surface area contributed by atoms with Crippen molar-refractivity contribution in [1.29, 1.82) is 0 Å². The maximum atomic E-state index is 11.8. The van der Waals surface area contributed by atoms with Gasteiger partial charge in [-0.15, -0.1) is 0 Å². The zero-order valence-corrected chi connectivity index (χ0v) is 13.2. The van der Waals surface area contributed by atoms with Crippen LogP contribution in [0.5, 0.6) is 0 Å². The van der Waals surface area contributed by atoms with E-state index in [1.165, 1.54) is 7.11 Å². The van der Waals surface area contributed by atoms with Gasteiger partial charge >= 0.3 is 5.97 Å². The van der Waals surface area contributed by atoms with Gasteiger partial charge in [0.15, 0.2) is 0 Å². The Balaban J connectivity index is 2.30. The summed E-state index contributed by atoms with van der Waals surface area (Å²) in [7, 11) is 1.36. The number of hydrogen-bond acceptors (Lipinski definition) is 3.